The van der Waals surface area contributed by atoms with Crippen LogP contribution in [0.25, 0.3) is 0 Å². The van der Waals surface area contributed by atoms with Gasteiger partial charge in [0.05, 0.1) is 6.26 Å². The maximum Gasteiger partial charge on any atom is 0.239 e. The topological polar surface area (TPSA) is 92.5 Å². The molecule has 0 spiro atoms. The van der Waals surface area contributed by atoms with Crippen molar-refractivity contribution >= 4 is 15.9 Å². The van der Waals surface area contributed by atoms with Crippen LogP contribution in [0, 0.1) is 5.92 Å². The molecule has 1 aliphatic heterocycles. The molecule has 1 saturated heterocycles. The smallest absolute Gasteiger partial charge is 0.239 e. The van der Waals surface area contributed by atoms with Crippen molar-refractivity contribution in [1.82, 2.24) is 9.62 Å². The van der Waals surface area contributed by atoms with Gasteiger partial charge >= 0.3 is 0 Å². The van der Waals surface area contributed by atoms with Gasteiger partial charge in [0.2, 0.25) is 15.9 Å². The number of nitrogens with zero attached hydrogens (tertiary/aromatic N) is 1. The molecule has 0 bridgehead atoms. The molecule has 1 aromatic carbocycles. The summed E-state index contributed by atoms with van der Waals surface area (Å²) in [6.07, 6.45) is 2.75. The summed E-state index contributed by atoms with van der Waals surface area (Å²) in [5.74, 6) is -0.263. The van der Waals surface area contributed by atoms with E-state index in [0.717, 1.165) is 12.0 Å². The fourth-order valence-electron chi connectivity index (χ4n) is 3.14. The third-order valence-corrected chi connectivity index (χ3v) is 5.76. The lowest BCUT2D eigenvalue weighted by atomic mass is 9.89. The quantitative estimate of drug-likeness (QED) is 0.804. The molecular weight excluding hydrogens is 314 g/mol. The van der Waals surface area contributed by atoms with E-state index < -0.39 is 22.0 Å². The molecule has 3 atom stereocenters. The van der Waals surface area contributed by atoms with Crippen molar-refractivity contribution < 1.29 is 13.2 Å². The lowest BCUT2D eigenvalue weighted by Gasteiger charge is -2.38. The number of primary amides is 1. The Labute approximate surface area is 138 Å². The number of hydrogen-bond acceptors (Lipinski definition) is 4. The second-order valence-corrected chi connectivity index (χ2v) is 8.08. The van der Waals surface area contributed by atoms with Crippen LogP contribution in [-0.2, 0) is 14.8 Å². The van der Waals surface area contributed by atoms with E-state index in [-0.39, 0.29) is 12.0 Å². The van der Waals surface area contributed by atoms with Gasteiger partial charge in [-0.3, -0.25) is 10.1 Å². The molecule has 1 aliphatic rings. The summed E-state index contributed by atoms with van der Waals surface area (Å²) in [7, 11) is -3.18. The minimum Gasteiger partial charge on any atom is -0.368 e. The Morgan fingerprint density at radius 1 is 1.39 bits per heavy atom. The van der Waals surface area contributed by atoms with Crippen molar-refractivity contribution in [2.24, 2.45) is 11.7 Å². The molecule has 1 amide bonds. The molecular formula is C16H25N3O3S. The maximum absolute atomic E-state index is 11.8. The second kappa shape index (κ2) is 7.42. The SMILES string of the molecule is CCC1CN(S(C)(=O)=O)CCC1NC(C(N)=O)c1ccccc1. The highest BCUT2D eigenvalue weighted by atomic mass is 32.2. The highest BCUT2D eigenvalue weighted by molar-refractivity contribution is 7.88. The van der Waals surface area contributed by atoms with Gasteiger partial charge in [0.15, 0.2) is 0 Å². The zero-order chi connectivity index (χ0) is 17.0. The van der Waals surface area contributed by atoms with Gasteiger partial charge in [-0.15, -0.1) is 0 Å². The van der Waals surface area contributed by atoms with Crippen LogP contribution in [0.2, 0.25) is 0 Å². The van der Waals surface area contributed by atoms with E-state index >= 15 is 0 Å². The summed E-state index contributed by atoms with van der Waals surface area (Å²) < 4.78 is 25.0. The van der Waals surface area contributed by atoms with Crippen LogP contribution in [0.4, 0.5) is 0 Å². The van der Waals surface area contributed by atoms with Gasteiger partial charge < -0.3 is 5.73 Å². The van der Waals surface area contributed by atoms with Crippen LogP contribution in [0.1, 0.15) is 31.4 Å². The molecule has 0 aliphatic carbocycles. The number of nitrogens with two attached hydrogens (primary N) is 1. The molecule has 0 saturated carbocycles. The van der Waals surface area contributed by atoms with Gasteiger partial charge in [-0.25, -0.2) is 12.7 Å². The number of piperidine rings is 1. The van der Waals surface area contributed by atoms with Crippen LogP contribution in [0.3, 0.4) is 0 Å². The summed E-state index contributed by atoms with van der Waals surface area (Å²) in [5, 5.41) is 3.35. The van der Waals surface area contributed by atoms with E-state index in [4.69, 9.17) is 5.73 Å². The number of sulfonamides is 1. The molecule has 2 rings (SSSR count). The lowest BCUT2D eigenvalue weighted by Crippen LogP contribution is -2.52. The molecule has 0 aromatic heterocycles. The highest BCUT2D eigenvalue weighted by Crippen LogP contribution is 2.25. The highest BCUT2D eigenvalue weighted by Gasteiger charge is 2.34. The number of amides is 1. The summed E-state index contributed by atoms with van der Waals surface area (Å²) in [5.41, 5.74) is 6.40. The van der Waals surface area contributed by atoms with E-state index in [0.29, 0.717) is 19.5 Å². The van der Waals surface area contributed by atoms with E-state index in [1.54, 1.807) is 0 Å². The van der Waals surface area contributed by atoms with E-state index in [2.05, 4.69) is 5.32 Å². The molecule has 1 fully saturated rings. The largest absolute Gasteiger partial charge is 0.368 e. The zero-order valence-corrected chi connectivity index (χ0v) is 14.4. The Morgan fingerprint density at radius 3 is 2.57 bits per heavy atom. The first-order valence-corrected chi connectivity index (χ1v) is 9.73. The average molecular weight is 339 g/mol. The monoisotopic (exact) mass is 339 g/mol. The van der Waals surface area contributed by atoms with E-state index in [1.807, 2.05) is 37.3 Å². The first-order chi connectivity index (χ1) is 10.8. The number of benzene rings is 1. The molecule has 3 N–H and O–H groups in total. The number of carbonyl (C=O) groups is 1. The Kier molecular flexibility index (Phi) is 5.78. The fraction of sp³-hybridized carbons (Fsp3) is 0.562. The van der Waals surface area contributed by atoms with Crippen molar-refractivity contribution in [3.05, 3.63) is 35.9 Å². The number of nitrogens with one attached hydrogen (secondary N) is 1. The summed E-state index contributed by atoms with van der Waals surface area (Å²) in [6, 6.07) is 8.88. The summed E-state index contributed by atoms with van der Waals surface area (Å²) in [4.78, 5) is 11.8. The Bertz CT molecular complexity index is 633. The number of rotatable bonds is 6. The zero-order valence-electron chi connectivity index (χ0n) is 13.6. The predicted molar refractivity (Wildman–Crippen MR) is 90.1 cm³/mol. The molecule has 128 valence electrons. The van der Waals surface area contributed by atoms with Crippen molar-refractivity contribution in [3.63, 3.8) is 0 Å². The average Bonchev–Trinajstić information content (AvgIpc) is 2.52. The first kappa shape index (κ1) is 17.9. The molecule has 23 heavy (non-hydrogen) atoms. The normalized spacial score (nSPS) is 24.3. The van der Waals surface area contributed by atoms with Gasteiger partial charge in [0.1, 0.15) is 6.04 Å². The predicted octanol–water partition coefficient (Wildman–Crippen LogP) is 0.863. The molecule has 1 aromatic rings. The van der Waals surface area contributed by atoms with Crippen LogP contribution >= 0.6 is 0 Å². The van der Waals surface area contributed by atoms with Crippen molar-refractivity contribution in [1.29, 1.82) is 0 Å². The Hall–Kier alpha value is -1.44. The lowest BCUT2D eigenvalue weighted by molar-refractivity contribution is -0.120. The van der Waals surface area contributed by atoms with Crippen molar-refractivity contribution in [2.75, 3.05) is 19.3 Å². The van der Waals surface area contributed by atoms with Crippen LogP contribution in [-0.4, -0.2) is 44.0 Å². The summed E-state index contributed by atoms with van der Waals surface area (Å²) in [6.45, 7) is 2.98. The number of carbonyl (C=O) groups excluding carboxylic acids is 1. The summed E-state index contributed by atoms with van der Waals surface area (Å²) >= 11 is 0. The molecule has 7 heteroatoms. The van der Waals surface area contributed by atoms with E-state index in [1.165, 1.54) is 10.6 Å². The minimum atomic E-state index is -3.18. The van der Waals surface area contributed by atoms with Crippen LogP contribution < -0.4 is 11.1 Å². The molecule has 3 unspecified atom stereocenters. The van der Waals surface area contributed by atoms with Gasteiger partial charge in [-0.1, -0.05) is 43.7 Å². The van der Waals surface area contributed by atoms with Crippen LogP contribution in [0.15, 0.2) is 30.3 Å². The van der Waals surface area contributed by atoms with Gasteiger partial charge in [-0.05, 0) is 17.9 Å². The molecule has 6 nitrogen and oxygen atoms in total. The van der Waals surface area contributed by atoms with Crippen LogP contribution in [0.5, 0.6) is 0 Å². The maximum atomic E-state index is 11.8. The third kappa shape index (κ3) is 4.53. The minimum absolute atomic E-state index is 0.0655. The van der Waals surface area contributed by atoms with Crippen molar-refractivity contribution in [3.8, 4) is 0 Å². The molecule has 0 radical (unpaired) electrons. The molecule has 1 heterocycles. The van der Waals surface area contributed by atoms with E-state index in [9.17, 15) is 13.2 Å². The number of hydrogen-bond donors (Lipinski definition) is 2. The first-order valence-electron chi connectivity index (χ1n) is 7.88. The standard InChI is InChI=1S/C16H25N3O3S/c1-3-12-11-19(23(2,21)22)10-9-14(12)18-15(16(17)20)13-7-5-4-6-8-13/h4-8,12,14-15,18H,3,9-11H2,1-2H3,(H2,17,20). The van der Waals surface area contributed by atoms with Crippen molar-refractivity contribution in [2.45, 2.75) is 31.8 Å². The van der Waals surface area contributed by atoms with Gasteiger partial charge in [-0.2, -0.15) is 0 Å². The van der Waals surface area contributed by atoms with Gasteiger partial charge in [0.25, 0.3) is 0 Å². The Balaban J connectivity index is 2.13. The Morgan fingerprint density at radius 2 is 2.04 bits per heavy atom. The third-order valence-electron chi connectivity index (χ3n) is 4.49. The van der Waals surface area contributed by atoms with Gasteiger partial charge in [0, 0.05) is 19.1 Å². The second-order valence-electron chi connectivity index (χ2n) is 6.10. The fourth-order valence-corrected chi connectivity index (χ4v) is 4.03.